The number of hydrogen-bond donors (Lipinski definition) is 0. The molecule has 0 spiro atoms. The number of unbranched alkanes of at least 4 members (excludes halogenated alkanes) is 3. The zero-order valence-corrected chi connectivity index (χ0v) is 15.7. The van der Waals surface area contributed by atoms with Crippen molar-refractivity contribution in [3.8, 4) is 0 Å². The van der Waals surface area contributed by atoms with E-state index in [1.807, 2.05) is 0 Å². The molecular formula is C18H34O2Si. The molecule has 0 heterocycles. The Hall–Kier alpha value is -0.413. The zero-order chi connectivity index (χ0) is 15.9. The summed E-state index contributed by atoms with van der Waals surface area (Å²) in [7, 11) is -1.52. The average Bonchev–Trinajstić information content (AvgIpc) is 2.41. The number of Topliss-reactive ketones (excluding diaryl/α,β-unsaturated/α-hetero) is 1. The van der Waals surface area contributed by atoms with Crippen LogP contribution in [0.2, 0.25) is 19.6 Å². The van der Waals surface area contributed by atoms with Gasteiger partial charge < -0.3 is 4.43 Å². The molecule has 0 aliphatic heterocycles. The minimum absolute atomic E-state index is 0.251. The minimum atomic E-state index is -1.52. The molecule has 0 aromatic carbocycles. The van der Waals surface area contributed by atoms with Crippen LogP contribution in [-0.4, -0.2) is 20.2 Å². The second kappa shape index (κ2) is 8.89. The highest BCUT2D eigenvalue weighted by Gasteiger charge is 2.27. The van der Waals surface area contributed by atoms with Gasteiger partial charge in [0.1, 0.15) is 5.78 Å². The molecule has 1 aliphatic rings. The third-order valence-electron chi connectivity index (χ3n) is 4.25. The molecule has 0 saturated carbocycles. The maximum atomic E-state index is 11.5. The lowest BCUT2D eigenvalue weighted by Gasteiger charge is -2.31. The number of carbonyl (C=O) groups is 1. The van der Waals surface area contributed by atoms with Crippen LogP contribution >= 0.6 is 0 Å². The van der Waals surface area contributed by atoms with Gasteiger partial charge in [-0.3, -0.25) is 4.79 Å². The summed E-state index contributed by atoms with van der Waals surface area (Å²) >= 11 is 0. The van der Waals surface area contributed by atoms with Crippen molar-refractivity contribution >= 4 is 14.1 Å². The molecule has 0 unspecified atom stereocenters. The topological polar surface area (TPSA) is 26.3 Å². The van der Waals surface area contributed by atoms with Gasteiger partial charge in [0, 0.05) is 5.92 Å². The first-order valence-corrected chi connectivity index (χ1v) is 12.1. The van der Waals surface area contributed by atoms with Crippen molar-refractivity contribution in [1.82, 2.24) is 0 Å². The summed E-state index contributed by atoms with van der Waals surface area (Å²) in [6.45, 7) is 10.8. The summed E-state index contributed by atoms with van der Waals surface area (Å²) in [5, 5.41) is 0. The lowest BCUT2D eigenvalue weighted by molar-refractivity contribution is -0.120. The molecule has 0 bridgehead atoms. The summed E-state index contributed by atoms with van der Waals surface area (Å²) in [5.74, 6) is 0.595. The van der Waals surface area contributed by atoms with E-state index in [2.05, 4.69) is 32.6 Å². The van der Waals surface area contributed by atoms with E-state index in [-0.39, 0.29) is 5.92 Å². The molecule has 0 aromatic rings. The molecule has 2 atom stereocenters. The van der Waals surface area contributed by atoms with E-state index in [9.17, 15) is 4.79 Å². The molecular weight excluding hydrogens is 276 g/mol. The Balaban J connectivity index is 2.61. The Morgan fingerprint density at radius 1 is 1.33 bits per heavy atom. The van der Waals surface area contributed by atoms with Crippen LogP contribution in [0.4, 0.5) is 0 Å². The summed E-state index contributed by atoms with van der Waals surface area (Å²) in [4.78, 5) is 11.5. The minimum Gasteiger partial charge on any atom is -0.411 e. The number of allylic oxidation sites excluding steroid dienone is 1. The molecule has 0 N–H and O–H groups in total. The van der Waals surface area contributed by atoms with Crippen LogP contribution in [-0.2, 0) is 9.22 Å². The van der Waals surface area contributed by atoms with Crippen molar-refractivity contribution in [2.24, 2.45) is 5.92 Å². The predicted octanol–water partition coefficient (Wildman–Crippen LogP) is 5.49. The lowest BCUT2D eigenvalue weighted by Crippen LogP contribution is -2.34. The molecule has 0 fully saturated rings. The van der Waals surface area contributed by atoms with E-state index in [0.717, 1.165) is 25.7 Å². The fourth-order valence-electron chi connectivity index (χ4n) is 3.02. The Morgan fingerprint density at radius 2 is 2.05 bits per heavy atom. The van der Waals surface area contributed by atoms with Gasteiger partial charge in [-0.1, -0.05) is 38.7 Å². The van der Waals surface area contributed by atoms with E-state index in [0.29, 0.717) is 11.9 Å². The average molecular weight is 311 g/mol. The normalized spacial score (nSPS) is 21.0. The van der Waals surface area contributed by atoms with Crippen LogP contribution in [0.1, 0.15) is 65.2 Å². The van der Waals surface area contributed by atoms with Gasteiger partial charge in [-0.25, -0.2) is 0 Å². The molecule has 0 amide bonds. The van der Waals surface area contributed by atoms with Gasteiger partial charge in [0.25, 0.3) is 0 Å². The zero-order valence-electron chi connectivity index (χ0n) is 14.7. The monoisotopic (exact) mass is 310 g/mol. The van der Waals surface area contributed by atoms with Gasteiger partial charge in [0.2, 0.25) is 0 Å². The summed E-state index contributed by atoms with van der Waals surface area (Å²) in [5.41, 5.74) is 1.46. The Kier molecular flexibility index (Phi) is 7.89. The summed E-state index contributed by atoms with van der Waals surface area (Å²) in [6.07, 6.45) is 11.9. The quantitative estimate of drug-likeness (QED) is 0.320. The Bertz CT molecular complexity index is 355. The van der Waals surface area contributed by atoms with Crippen LogP contribution in [0.25, 0.3) is 0 Å². The first-order valence-electron chi connectivity index (χ1n) is 8.70. The van der Waals surface area contributed by atoms with Gasteiger partial charge in [0.15, 0.2) is 8.32 Å². The number of ketones is 1. The van der Waals surface area contributed by atoms with Crippen molar-refractivity contribution in [1.29, 1.82) is 0 Å². The molecule has 0 aromatic heterocycles. The van der Waals surface area contributed by atoms with Crippen LogP contribution in [0.3, 0.4) is 0 Å². The van der Waals surface area contributed by atoms with Crippen molar-refractivity contribution in [2.75, 3.05) is 0 Å². The van der Waals surface area contributed by atoms with Gasteiger partial charge in [-0.2, -0.15) is 0 Å². The van der Waals surface area contributed by atoms with E-state index in [1.54, 1.807) is 6.92 Å². The van der Waals surface area contributed by atoms with Crippen molar-refractivity contribution in [3.63, 3.8) is 0 Å². The summed E-state index contributed by atoms with van der Waals surface area (Å²) < 4.78 is 6.44. The fraction of sp³-hybridized carbons (Fsp3) is 0.833. The van der Waals surface area contributed by atoms with Gasteiger partial charge in [0.05, 0.1) is 6.10 Å². The molecule has 1 rings (SSSR count). The maximum absolute atomic E-state index is 11.5. The van der Waals surface area contributed by atoms with Gasteiger partial charge in [-0.15, -0.1) is 0 Å². The smallest absolute Gasteiger partial charge is 0.184 e. The van der Waals surface area contributed by atoms with Gasteiger partial charge in [-0.05, 0) is 57.8 Å². The van der Waals surface area contributed by atoms with Crippen LogP contribution in [0.5, 0.6) is 0 Å². The molecule has 2 nitrogen and oxygen atoms in total. The van der Waals surface area contributed by atoms with Crippen LogP contribution in [0.15, 0.2) is 11.6 Å². The van der Waals surface area contributed by atoms with Crippen molar-refractivity contribution in [3.05, 3.63) is 11.6 Å². The number of rotatable bonds is 9. The molecule has 3 heteroatoms. The fourth-order valence-corrected chi connectivity index (χ4v) is 4.14. The van der Waals surface area contributed by atoms with Gasteiger partial charge >= 0.3 is 0 Å². The third kappa shape index (κ3) is 7.41. The van der Waals surface area contributed by atoms with Crippen molar-refractivity contribution in [2.45, 2.75) is 91.0 Å². The van der Waals surface area contributed by atoms with E-state index in [4.69, 9.17) is 4.43 Å². The van der Waals surface area contributed by atoms with Crippen molar-refractivity contribution < 1.29 is 9.22 Å². The second-order valence-corrected chi connectivity index (χ2v) is 11.9. The lowest BCUT2D eigenvalue weighted by atomic mass is 9.84. The highest BCUT2D eigenvalue weighted by atomic mass is 28.4. The maximum Gasteiger partial charge on any atom is 0.184 e. The molecule has 1 aliphatic carbocycles. The number of hydrogen-bond acceptors (Lipinski definition) is 2. The summed E-state index contributed by atoms with van der Waals surface area (Å²) in [6, 6.07) is 0. The molecule has 122 valence electrons. The highest BCUT2D eigenvalue weighted by Crippen LogP contribution is 2.30. The largest absolute Gasteiger partial charge is 0.411 e. The highest BCUT2D eigenvalue weighted by molar-refractivity contribution is 6.69. The molecule has 0 saturated heterocycles. The van der Waals surface area contributed by atoms with E-state index < -0.39 is 8.32 Å². The van der Waals surface area contributed by atoms with Crippen LogP contribution < -0.4 is 0 Å². The first kappa shape index (κ1) is 18.6. The number of carbonyl (C=O) groups excluding carboxylic acids is 1. The van der Waals surface area contributed by atoms with E-state index >= 15 is 0 Å². The molecule has 0 radical (unpaired) electrons. The van der Waals surface area contributed by atoms with E-state index in [1.165, 1.54) is 31.3 Å². The molecule has 21 heavy (non-hydrogen) atoms. The Labute approximate surface area is 132 Å². The third-order valence-corrected chi connectivity index (χ3v) is 5.24. The SMILES string of the molecule is CCCCCC[C@H](O[Si](C)(C)C)C1=CC[C@@H](C(C)=O)CC1. The first-order chi connectivity index (χ1) is 9.83. The predicted molar refractivity (Wildman–Crippen MR) is 93.1 cm³/mol. The van der Waals surface area contributed by atoms with Crippen LogP contribution in [0, 0.1) is 5.92 Å². The second-order valence-electron chi connectivity index (χ2n) is 7.43. The standard InChI is InChI=1S/C18H34O2Si/c1-6-7-8-9-10-18(20-21(3,4)5)17-13-11-16(12-14-17)15(2)19/h13,16,18H,6-12,14H2,1-5H3/t16-,18+/m1/s1. The Morgan fingerprint density at radius 3 is 2.52 bits per heavy atom.